The molecule has 0 aromatic carbocycles. The molecule has 0 radical (unpaired) electrons. The summed E-state index contributed by atoms with van der Waals surface area (Å²) >= 11 is 0. The van der Waals surface area contributed by atoms with Gasteiger partial charge >= 0.3 is 0 Å². The SMILES string of the molecule is CCCCCCC/C=C\C/C=C\C/C=C\CCCCCCCCC(=O)NC(COC1OC(CO)C(OC2OC(CO)C(OC3OC(CO)C(O)C(O)C3O)C(O)C2O)C(O)C1O)C(O)/C=C/CCCCCCCCCCCCCCCCCCCCCCCCCCCC. The third-order valence-corrected chi connectivity index (χ3v) is 18.9. The summed E-state index contributed by atoms with van der Waals surface area (Å²) < 4.78 is 34.4. The molecule has 3 saturated heterocycles. The molecule has 0 aromatic heterocycles. The van der Waals surface area contributed by atoms with Gasteiger partial charge < -0.3 is 89.9 Å². The first-order valence-corrected chi connectivity index (χ1v) is 37.9. The number of ether oxygens (including phenoxy) is 6. The third kappa shape index (κ3) is 37.3. The lowest BCUT2D eigenvalue weighted by Gasteiger charge is -2.48. The Kier molecular flexibility index (Phi) is 51.7. The van der Waals surface area contributed by atoms with E-state index in [0.29, 0.717) is 6.42 Å². The van der Waals surface area contributed by atoms with Crippen LogP contribution in [0.15, 0.2) is 48.6 Å². The predicted octanol–water partition coefficient (Wildman–Crippen LogP) is 11.3. The largest absolute Gasteiger partial charge is 0.394 e. The second-order valence-corrected chi connectivity index (χ2v) is 27.1. The number of carbonyl (C=O) groups is 1. The van der Waals surface area contributed by atoms with E-state index in [4.69, 9.17) is 28.4 Å². The van der Waals surface area contributed by atoms with Crippen LogP contribution in [0.5, 0.6) is 0 Å². The fourth-order valence-corrected chi connectivity index (χ4v) is 12.7. The first-order chi connectivity index (χ1) is 45.8. The predicted molar refractivity (Wildman–Crippen MR) is 369 cm³/mol. The van der Waals surface area contributed by atoms with Crippen LogP contribution in [0.25, 0.3) is 0 Å². The molecule has 0 aromatic rings. The van der Waals surface area contributed by atoms with E-state index < -0.39 is 124 Å². The van der Waals surface area contributed by atoms with Crippen molar-refractivity contribution in [1.82, 2.24) is 5.32 Å². The molecule has 0 saturated carbocycles. The normalized spacial score (nSPS) is 27.6. The van der Waals surface area contributed by atoms with Gasteiger partial charge in [-0.1, -0.05) is 274 Å². The van der Waals surface area contributed by atoms with Gasteiger partial charge in [-0.05, 0) is 57.8 Å². The fraction of sp³-hybridized carbons (Fsp3) is 0.880. The van der Waals surface area contributed by atoms with E-state index in [1.807, 2.05) is 6.08 Å². The second kappa shape index (κ2) is 56.5. The molecule has 0 spiro atoms. The zero-order valence-electron chi connectivity index (χ0n) is 58.4. The number of hydrogen-bond acceptors (Lipinski definition) is 18. The third-order valence-electron chi connectivity index (χ3n) is 18.9. The van der Waals surface area contributed by atoms with E-state index in [-0.39, 0.29) is 18.9 Å². The first-order valence-electron chi connectivity index (χ1n) is 37.9. The number of unbranched alkanes of at least 4 members (excludes halogenated alkanes) is 37. The number of allylic oxidation sites excluding steroid dienone is 7. The Labute approximate surface area is 567 Å². The second-order valence-electron chi connectivity index (χ2n) is 27.1. The van der Waals surface area contributed by atoms with Crippen molar-refractivity contribution >= 4 is 5.91 Å². The summed E-state index contributed by atoms with van der Waals surface area (Å²) in [6, 6.07) is -0.983. The summed E-state index contributed by atoms with van der Waals surface area (Å²) in [6.45, 7) is 1.74. The molecule has 94 heavy (non-hydrogen) atoms. The van der Waals surface area contributed by atoms with Gasteiger partial charge in [-0.15, -0.1) is 0 Å². The van der Waals surface area contributed by atoms with Crippen LogP contribution < -0.4 is 5.32 Å². The van der Waals surface area contributed by atoms with Crippen LogP contribution in [-0.4, -0.2) is 193 Å². The highest BCUT2D eigenvalue weighted by Crippen LogP contribution is 2.33. The Morgan fingerprint density at radius 2 is 0.702 bits per heavy atom. The maximum atomic E-state index is 13.4. The summed E-state index contributed by atoms with van der Waals surface area (Å²) in [5.74, 6) is -0.286. The minimum absolute atomic E-state index is 0.228. The van der Waals surface area contributed by atoms with E-state index in [1.165, 1.54) is 186 Å². The van der Waals surface area contributed by atoms with Crippen molar-refractivity contribution in [2.24, 2.45) is 0 Å². The van der Waals surface area contributed by atoms with Gasteiger partial charge in [0.25, 0.3) is 0 Å². The highest BCUT2D eigenvalue weighted by molar-refractivity contribution is 5.76. The quantitative estimate of drug-likeness (QED) is 0.0199. The van der Waals surface area contributed by atoms with Gasteiger partial charge in [-0.3, -0.25) is 4.79 Å². The standard InChI is InChI=1S/C75H137NO18/c1-3-5-7-9-11-13-15-17-19-21-23-25-26-27-28-29-30-31-33-34-36-38-40-42-44-46-48-50-52-59(80)58(76-63(81)53-51-49-47-45-43-41-39-37-35-32-24-22-20-18-16-14-12-10-8-6-4-2)57-89-73-69(87)66(84)71(61(55-78)91-73)94-75-70(88)67(85)72(62(56-79)92-75)93-74-68(86)65(83)64(82)60(54-77)90-74/h16,18,22,24,35,37,50,52,58-62,64-75,77-80,82-88H,3-15,17,19-21,23,25-34,36,38-49,51,53-57H2,1-2H3,(H,76,81)/b18-16-,24-22-,37-35-,52-50+. The molecule has 550 valence electrons. The number of rotatable bonds is 59. The first kappa shape index (κ1) is 86.0. The summed E-state index contributed by atoms with van der Waals surface area (Å²) in [7, 11) is 0. The molecular formula is C75H137NO18. The molecule has 19 nitrogen and oxygen atoms in total. The van der Waals surface area contributed by atoms with Gasteiger partial charge in [0.1, 0.15) is 73.2 Å². The molecular weight excluding hydrogens is 1200 g/mol. The molecule has 3 rings (SSSR count). The summed E-state index contributed by atoms with van der Waals surface area (Å²) in [4.78, 5) is 13.4. The lowest BCUT2D eigenvalue weighted by atomic mass is 9.96. The Balaban J connectivity index is 1.41. The highest BCUT2D eigenvalue weighted by Gasteiger charge is 2.53. The maximum absolute atomic E-state index is 13.4. The van der Waals surface area contributed by atoms with Crippen LogP contribution in [0.1, 0.15) is 290 Å². The van der Waals surface area contributed by atoms with Crippen molar-refractivity contribution in [2.45, 2.75) is 394 Å². The molecule has 19 heteroatoms. The van der Waals surface area contributed by atoms with Crippen LogP contribution in [-0.2, 0) is 33.2 Å². The lowest BCUT2D eigenvalue weighted by molar-refractivity contribution is -0.379. The molecule has 12 N–H and O–H groups in total. The van der Waals surface area contributed by atoms with Gasteiger partial charge in [-0.25, -0.2) is 0 Å². The minimum atomic E-state index is -1.98. The van der Waals surface area contributed by atoms with Crippen molar-refractivity contribution in [1.29, 1.82) is 0 Å². The van der Waals surface area contributed by atoms with E-state index in [1.54, 1.807) is 6.08 Å². The average Bonchev–Trinajstić information content (AvgIpc) is 0.787. The number of aliphatic hydroxyl groups is 11. The molecule has 17 unspecified atom stereocenters. The Morgan fingerprint density at radius 1 is 0.383 bits per heavy atom. The van der Waals surface area contributed by atoms with Gasteiger partial charge in [0.15, 0.2) is 18.9 Å². The molecule has 0 bridgehead atoms. The van der Waals surface area contributed by atoms with E-state index in [0.717, 1.165) is 77.0 Å². The Hall–Kier alpha value is -2.25. The van der Waals surface area contributed by atoms with E-state index in [2.05, 4.69) is 55.6 Å². The Bertz CT molecular complexity index is 1890. The smallest absolute Gasteiger partial charge is 0.220 e. The topological polar surface area (TPSA) is 307 Å². The number of amides is 1. The van der Waals surface area contributed by atoms with Crippen LogP contribution in [0, 0.1) is 0 Å². The molecule has 3 heterocycles. The summed E-state index contributed by atoms with van der Waals surface area (Å²) in [5, 5.41) is 121. The monoisotopic (exact) mass is 1340 g/mol. The number of nitrogens with one attached hydrogen (secondary N) is 1. The number of carbonyl (C=O) groups excluding carboxylic acids is 1. The fourth-order valence-electron chi connectivity index (χ4n) is 12.7. The maximum Gasteiger partial charge on any atom is 0.220 e. The minimum Gasteiger partial charge on any atom is -0.394 e. The van der Waals surface area contributed by atoms with Crippen LogP contribution >= 0.6 is 0 Å². The molecule has 17 atom stereocenters. The molecule has 3 fully saturated rings. The molecule has 0 aliphatic carbocycles. The van der Waals surface area contributed by atoms with Gasteiger partial charge in [0.05, 0.1) is 38.6 Å². The van der Waals surface area contributed by atoms with Crippen LogP contribution in [0.3, 0.4) is 0 Å². The van der Waals surface area contributed by atoms with E-state index in [9.17, 15) is 61.0 Å². The Morgan fingerprint density at radius 3 is 1.10 bits per heavy atom. The van der Waals surface area contributed by atoms with Crippen molar-refractivity contribution in [2.75, 3.05) is 26.4 Å². The van der Waals surface area contributed by atoms with Gasteiger partial charge in [0, 0.05) is 6.42 Å². The van der Waals surface area contributed by atoms with Crippen molar-refractivity contribution < 1.29 is 89.4 Å². The van der Waals surface area contributed by atoms with Crippen molar-refractivity contribution in [3.05, 3.63) is 48.6 Å². The summed E-state index contributed by atoms with van der Waals surface area (Å²) in [6.07, 6.45) is 42.3. The lowest BCUT2D eigenvalue weighted by Crippen LogP contribution is -2.66. The highest BCUT2D eigenvalue weighted by atomic mass is 16.8. The van der Waals surface area contributed by atoms with Gasteiger partial charge in [-0.2, -0.15) is 0 Å². The molecule has 3 aliphatic rings. The average molecular weight is 1340 g/mol. The van der Waals surface area contributed by atoms with Gasteiger partial charge in [0.2, 0.25) is 5.91 Å². The molecule has 1 amide bonds. The molecule has 3 aliphatic heterocycles. The van der Waals surface area contributed by atoms with Crippen molar-refractivity contribution in [3.63, 3.8) is 0 Å². The van der Waals surface area contributed by atoms with Crippen LogP contribution in [0.4, 0.5) is 0 Å². The summed E-state index contributed by atoms with van der Waals surface area (Å²) in [5.41, 5.74) is 0. The van der Waals surface area contributed by atoms with Crippen molar-refractivity contribution in [3.8, 4) is 0 Å². The zero-order valence-corrected chi connectivity index (χ0v) is 58.4. The zero-order chi connectivity index (χ0) is 68.2. The number of aliphatic hydroxyl groups excluding tert-OH is 11. The van der Waals surface area contributed by atoms with Crippen LogP contribution in [0.2, 0.25) is 0 Å². The van der Waals surface area contributed by atoms with E-state index >= 15 is 0 Å². The number of hydrogen-bond donors (Lipinski definition) is 12.